The van der Waals surface area contributed by atoms with Crippen LogP contribution in [-0.4, -0.2) is 60.4 Å². The molecule has 1 fully saturated rings. The monoisotopic (exact) mass is 516 g/mol. The maximum absolute atomic E-state index is 4.49. The summed E-state index contributed by atoms with van der Waals surface area (Å²) < 4.78 is 1.87. The van der Waals surface area contributed by atoms with Crippen molar-refractivity contribution in [2.24, 2.45) is 4.99 Å². The number of guanidine groups is 1. The molecule has 158 valence electrons. The molecule has 0 saturated carbocycles. The molecule has 2 heterocycles. The van der Waals surface area contributed by atoms with Gasteiger partial charge >= 0.3 is 0 Å². The van der Waals surface area contributed by atoms with Crippen molar-refractivity contribution in [2.45, 2.75) is 6.42 Å². The largest absolute Gasteiger partial charge is 0.368 e. The Morgan fingerprint density at radius 3 is 2.30 bits per heavy atom. The van der Waals surface area contributed by atoms with Crippen LogP contribution in [0.2, 0.25) is 0 Å². The number of aliphatic imine (C=N–C) groups is 1. The zero-order valence-corrected chi connectivity index (χ0v) is 19.6. The van der Waals surface area contributed by atoms with E-state index in [9.17, 15) is 0 Å². The third-order valence-electron chi connectivity index (χ3n) is 5.31. The molecule has 1 N–H and O–H groups in total. The standard InChI is InChI=1S/C23H28N6.HI/c1-24-23(28-18-16-27(17-19-28)21-6-3-2-4-7-21)25-14-12-20-8-10-22(11-9-20)29-15-5-13-26-29;/h2-11,13,15H,12,14,16-19H2,1H3,(H,24,25);1H. The first-order chi connectivity index (χ1) is 14.3. The molecule has 0 atom stereocenters. The van der Waals surface area contributed by atoms with E-state index < -0.39 is 0 Å². The Labute approximate surface area is 195 Å². The summed E-state index contributed by atoms with van der Waals surface area (Å²) in [5, 5.41) is 7.79. The Balaban J connectivity index is 0.00000256. The molecular formula is C23H29IN6. The van der Waals surface area contributed by atoms with E-state index in [0.29, 0.717) is 0 Å². The number of piperazine rings is 1. The first-order valence-electron chi connectivity index (χ1n) is 10.2. The predicted octanol–water partition coefficient (Wildman–Crippen LogP) is 3.43. The third-order valence-corrected chi connectivity index (χ3v) is 5.31. The second-order valence-electron chi connectivity index (χ2n) is 7.15. The zero-order chi connectivity index (χ0) is 19.9. The van der Waals surface area contributed by atoms with Crippen molar-refractivity contribution >= 4 is 35.6 Å². The normalized spacial score (nSPS) is 14.4. The lowest BCUT2D eigenvalue weighted by Gasteiger charge is -2.37. The molecule has 1 aliphatic heterocycles. The summed E-state index contributed by atoms with van der Waals surface area (Å²) in [7, 11) is 1.87. The Kier molecular flexibility index (Phi) is 8.12. The van der Waals surface area contributed by atoms with Gasteiger partial charge in [0.25, 0.3) is 0 Å². The topological polar surface area (TPSA) is 48.7 Å². The van der Waals surface area contributed by atoms with Crippen LogP contribution < -0.4 is 10.2 Å². The van der Waals surface area contributed by atoms with Crippen LogP contribution >= 0.6 is 24.0 Å². The maximum atomic E-state index is 4.49. The Morgan fingerprint density at radius 2 is 1.67 bits per heavy atom. The number of hydrogen-bond donors (Lipinski definition) is 1. The average molecular weight is 516 g/mol. The summed E-state index contributed by atoms with van der Waals surface area (Å²) in [6.45, 7) is 4.85. The molecule has 3 aromatic rings. The molecule has 7 heteroatoms. The fourth-order valence-corrected chi connectivity index (χ4v) is 3.70. The number of anilines is 1. The molecule has 1 saturated heterocycles. The molecule has 0 spiro atoms. The molecule has 0 aliphatic carbocycles. The number of halogens is 1. The van der Waals surface area contributed by atoms with Gasteiger partial charge < -0.3 is 15.1 Å². The van der Waals surface area contributed by atoms with E-state index in [4.69, 9.17) is 0 Å². The summed E-state index contributed by atoms with van der Waals surface area (Å²) in [6.07, 6.45) is 4.71. The number of hydrogen-bond acceptors (Lipinski definition) is 3. The summed E-state index contributed by atoms with van der Waals surface area (Å²) >= 11 is 0. The first-order valence-corrected chi connectivity index (χ1v) is 10.2. The second-order valence-corrected chi connectivity index (χ2v) is 7.15. The number of rotatable bonds is 5. The molecule has 0 radical (unpaired) electrons. The van der Waals surface area contributed by atoms with Crippen molar-refractivity contribution in [2.75, 3.05) is 44.7 Å². The van der Waals surface area contributed by atoms with Gasteiger partial charge in [-0.1, -0.05) is 30.3 Å². The van der Waals surface area contributed by atoms with Crippen molar-refractivity contribution in [3.8, 4) is 5.69 Å². The molecule has 0 unspecified atom stereocenters. The van der Waals surface area contributed by atoms with E-state index in [-0.39, 0.29) is 24.0 Å². The van der Waals surface area contributed by atoms with Gasteiger partial charge in [-0.05, 0) is 42.3 Å². The molecule has 4 rings (SSSR count). The lowest BCUT2D eigenvalue weighted by molar-refractivity contribution is 0.373. The number of benzene rings is 2. The molecule has 30 heavy (non-hydrogen) atoms. The minimum absolute atomic E-state index is 0. The number of nitrogens with one attached hydrogen (secondary N) is 1. The summed E-state index contributed by atoms with van der Waals surface area (Å²) in [5.74, 6) is 0.992. The van der Waals surface area contributed by atoms with Crippen LogP contribution in [0.1, 0.15) is 5.56 Å². The van der Waals surface area contributed by atoms with Crippen molar-refractivity contribution < 1.29 is 0 Å². The van der Waals surface area contributed by atoms with Gasteiger partial charge in [-0.3, -0.25) is 4.99 Å². The first kappa shape index (κ1) is 22.1. The van der Waals surface area contributed by atoms with Gasteiger partial charge in [-0.25, -0.2) is 4.68 Å². The lowest BCUT2D eigenvalue weighted by atomic mass is 10.1. The van der Waals surface area contributed by atoms with Crippen LogP contribution in [-0.2, 0) is 6.42 Å². The van der Waals surface area contributed by atoms with Gasteiger partial charge in [0.2, 0.25) is 0 Å². The fourth-order valence-electron chi connectivity index (χ4n) is 3.70. The van der Waals surface area contributed by atoms with E-state index in [1.165, 1.54) is 11.3 Å². The summed E-state index contributed by atoms with van der Waals surface area (Å²) in [5.41, 5.74) is 3.69. The number of para-hydroxylation sites is 1. The molecule has 0 bridgehead atoms. The Hall–Kier alpha value is -2.55. The highest BCUT2D eigenvalue weighted by atomic mass is 127. The van der Waals surface area contributed by atoms with E-state index in [1.807, 2.05) is 24.0 Å². The Bertz CT molecular complexity index is 901. The van der Waals surface area contributed by atoms with Crippen molar-refractivity contribution in [3.05, 3.63) is 78.6 Å². The van der Waals surface area contributed by atoms with Gasteiger partial charge in [0, 0.05) is 57.9 Å². The van der Waals surface area contributed by atoms with E-state index in [2.05, 4.69) is 79.8 Å². The summed E-state index contributed by atoms with van der Waals surface area (Å²) in [6, 6.07) is 21.1. The van der Waals surface area contributed by atoms with E-state index in [0.717, 1.165) is 50.8 Å². The van der Waals surface area contributed by atoms with Crippen LogP contribution in [0.3, 0.4) is 0 Å². The van der Waals surface area contributed by atoms with Gasteiger partial charge in [-0.15, -0.1) is 24.0 Å². The minimum atomic E-state index is 0. The molecule has 1 aromatic heterocycles. The van der Waals surface area contributed by atoms with Crippen LogP contribution in [0.15, 0.2) is 78.0 Å². The highest BCUT2D eigenvalue weighted by molar-refractivity contribution is 14.0. The van der Waals surface area contributed by atoms with Crippen molar-refractivity contribution in [3.63, 3.8) is 0 Å². The van der Waals surface area contributed by atoms with Gasteiger partial charge in [-0.2, -0.15) is 5.10 Å². The van der Waals surface area contributed by atoms with Crippen molar-refractivity contribution in [1.29, 1.82) is 0 Å². The second kappa shape index (κ2) is 11.0. The third kappa shape index (κ3) is 5.53. The van der Waals surface area contributed by atoms with Crippen LogP contribution in [0, 0.1) is 0 Å². The van der Waals surface area contributed by atoms with Crippen LogP contribution in [0.5, 0.6) is 0 Å². The fraction of sp³-hybridized carbons (Fsp3) is 0.304. The average Bonchev–Trinajstić information content (AvgIpc) is 3.33. The van der Waals surface area contributed by atoms with Crippen molar-refractivity contribution in [1.82, 2.24) is 20.0 Å². The molecular weight excluding hydrogens is 487 g/mol. The number of nitrogens with zero attached hydrogens (tertiary/aromatic N) is 5. The quantitative estimate of drug-likeness (QED) is 0.321. The summed E-state index contributed by atoms with van der Waals surface area (Å²) in [4.78, 5) is 9.27. The maximum Gasteiger partial charge on any atom is 0.193 e. The van der Waals surface area contributed by atoms with Gasteiger partial charge in [0.1, 0.15) is 0 Å². The van der Waals surface area contributed by atoms with Crippen LogP contribution in [0.25, 0.3) is 5.69 Å². The highest BCUT2D eigenvalue weighted by Gasteiger charge is 2.19. The van der Waals surface area contributed by atoms with Gasteiger partial charge in [0.05, 0.1) is 5.69 Å². The minimum Gasteiger partial charge on any atom is -0.368 e. The molecule has 6 nitrogen and oxygen atoms in total. The lowest BCUT2D eigenvalue weighted by Crippen LogP contribution is -2.52. The molecule has 2 aromatic carbocycles. The van der Waals surface area contributed by atoms with E-state index in [1.54, 1.807) is 6.20 Å². The molecule has 1 aliphatic rings. The van der Waals surface area contributed by atoms with Crippen LogP contribution in [0.4, 0.5) is 5.69 Å². The van der Waals surface area contributed by atoms with E-state index >= 15 is 0 Å². The van der Waals surface area contributed by atoms with Gasteiger partial charge in [0.15, 0.2) is 5.96 Å². The zero-order valence-electron chi connectivity index (χ0n) is 17.3. The Morgan fingerprint density at radius 1 is 0.933 bits per heavy atom. The highest BCUT2D eigenvalue weighted by Crippen LogP contribution is 2.15. The molecule has 0 amide bonds. The predicted molar refractivity (Wildman–Crippen MR) is 134 cm³/mol. The number of aromatic nitrogens is 2. The SMILES string of the molecule is CN=C(NCCc1ccc(-n2cccn2)cc1)N1CCN(c2ccccc2)CC1.I. The smallest absolute Gasteiger partial charge is 0.193 e.